The van der Waals surface area contributed by atoms with E-state index in [1.165, 1.54) is 17.5 Å². The normalized spacial score (nSPS) is 12.6. The van der Waals surface area contributed by atoms with Gasteiger partial charge in [0, 0.05) is 18.8 Å². The van der Waals surface area contributed by atoms with Crippen LogP contribution in [-0.4, -0.2) is 4.57 Å². The van der Waals surface area contributed by atoms with Gasteiger partial charge in [-0.2, -0.15) is 0 Å². The van der Waals surface area contributed by atoms with Crippen molar-refractivity contribution < 1.29 is 0 Å². The number of nitrogens with two attached hydrogens (primary N) is 1. The van der Waals surface area contributed by atoms with E-state index in [9.17, 15) is 0 Å². The van der Waals surface area contributed by atoms with E-state index in [1.54, 1.807) is 0 Å². The van der Waals surface area contributed by atoms with Gasteiger partial charge < -0.3 is 10.3 Å². The molecule has 0 saturated heterocycles. The largest absolute Gasteiger partial charge is 0.385 e. The molecule has 0 aliphatic rings. The molecule has 0 aliphatic carbocycles. The van der Waals surface area contributed by atoms with Crippen molar-refractivity contribution in [1.29, 1.82) is 0 Å². The Balaban J connectivity index is 3.15. The van der Waals surface area contributed by atoms with Gasteiger partial charge >= 0.3 is 0 Å². The van der Waals surface area contributed by atoms with Crippen LogP contribution in [0, 0.1) is 0 Å². The summed E-state index contributed by atoms with van der Waals surface area (Å²) in [5.41, 5.74) is 8.74. The lowest BCUT2D eigenvalue weighted by molar-refractivity contribution is 0.588. The molecule has 2 nitrogen and oxygen atoms in total. The Morgan fingerprint density at radius 3 is 2.50 bits per heavy atom. The second-order valence-electron chi connectivity index (χ2n) is 5.39. The molecule has 16 heavy (non-hydrogen) atoms. The molecule has 0 bridgehead atoms. The third-order valence-electron chi connectivity index (χ3n) is 2.82. The van der Waals surface area contributed by atoms with Crippen molar-refractivity contribution >= 4 is 11.9 Å². The van der Waals surface area contributed by atoms with E-state index in [-0.39, 0.29) is 5.41 Å². The van der Waals surface area contributed by atoms with E-state index in [0.717, 1.165) is 12.2 Å². The molecule has 0 atom stereocenters. The van der Waals surface area contributed by atoms with Crippen LogP contribution < -0.4 is 5.73 Å². The Morgan fingerprint density at radius 2 is 2.00 bits per heavy atom. The summed E-state index contributed by atoms with van der Waals surface area (Å²) in [6.45, 7) is 8.85. The zero-order chi connectivity index (χ0) is 12.3. The van der Waals surface area contributed by atoms with Crippen LogP contribution in [0.3, 0.4) is 0 Å². The molecule has 2 heteroatoms. The summed E-state index contributed by atoms with van der Waals surface area (Å²) < 4.78 is 2.01. The van der Waals surface area contributed by atoms with Crippen LogP contribution in [-0.2, 0) is 12.5 Å². The third-order valence-corrected chi connectivity index (χ3v) is 2.82. The zero-order valence-electron chi connectivity index (χ0n) is 11.2. The number of rotatable bonds is 3. The van der Waals surface area contributed by atoms with E-state index in [0.29, 0.717) is 0 Å². The molecule has 1 aromatic heterocycles. The summed E-state index contributed by atoms with van der Waals surface area (Å²) in [4.78, 5) is 0. The van der Waals surface area contributed by atoms with Gasteiger partial charge in [-0.3, -0.25) is 0 Å². The highest BCUT2D eigenvalue weighted by molar-refractivity contribution is 5.67. The standard InChI is InChI=1S/C14H24N2/c1-6-7-8-9-11-12(14(2,3)4)10-16(5)13(11)15/h8-10H,6-7,15H2,1-5H3/b9-8-. The molecule has 0 aromatic carbocycles. The van der Waals surface area contributed by atoms with Crippen molar-refractivity contribution in [2.45, 2.75) is 46.0 Å². The summed E-state index contributed by atoms with van der Waals surface area (Å²) in [7, 11) is 2.00. The summed E-state index contributed by atoms with van der Waals surface area (Å²) in [5, 5.41) is 0. The first kappa shape index (κ1) is 12.9. The lowest BCUT2D eigenvalue weighted by Gasteiger charge is -2.18. The number of anilines is 1. The molecule has 0 unspecified atom stereocenters. The highest BCUT2D eigenvalue weighted by atomic mass is 15.0. The van der Waals surface area contributed by atoms with Crippen LogP contribution in [0.1, 0.15) is 51.7 Å². The average Bonchev–Trinajstić information content (AvgIpc) is 2.45. The maximum atomic E-state index is 6.09. The van der Waals surface area contributed by atoms with Crippen LogP contribution in [0.2, 0.25) is 0 Å². The minimum absolute atomic E-state index is 0.140. The van der Waals surface area contributed by atoms with E-state index in [4.69, 9.17) is 5.73 Å². The predicted octanol–water partition coefficient (Wildman–Crippen LogP) is 3.72. The fraction of sp³-hybridized carbons (Fsp3) is 0.571. The van der Waals surface area contributed by atoms with Gasteiger partial charge in [-0.15, -0.1) is 0 Å². The smallest absolute Gasteiger partial charge is 0.110 e. The van der Waals surface area contributed by atoms with Gasteiger partial charge in [0.15, 0.2) is 0 Å². The van der Waals surface area contributed by atoms with Gasteiger partial charge in [0.1, 0.15) is 5.82 Å². The van der Waals surface area contributed by atoms with Crippen molar-refractivity contribution in [2.75, 3.05) is 5.73 Å². The van der Waals surface area contributed by atoms with Crippen LogP contribution in [0.4, 0.5) is 5.82 Å². The first-order valence-electron chi connectivity index (χ1n) is 5.99. The highest BCUT2D eigenvalue weighted by Crippen LogP contribution is 2.31. The zero-order valence-corrected chi connectivity index (χ0v) is 11.2. The molecule has 0 radical (unpaired) electrons. The molecule has 0 spiro atoms. The summed E-state index contributed by atoms with van der Waals surface area (Å²) in [6.07, 6.45) is 8.80. The van der Waals surface area contributed by atoms with E-state index in [2.05, 4.69) is 46.0 Å². The maximum absolute atomic E-state index is 6.09. The molecular formula is C14H24N2. The number of unbranched alkanes of at least 4 members (excludes halogenated alkanes) is 1. The monoisotopic (exact) mass is 220 g/mol. The van der Waals surface area contributed by atoms with Crippen LogP contribution in [0.15, 0.2) is 12.3 Å². The maximum Gasteiger partial charge on any atom is 0.110 e. The van der Waals surface area contributed by atoms with Crippen molar-refractivity contribution in [3.05, 3.63) is 23.4 Å². The van der Waals surface area contributed by atoms with E-state index >= 15 is 0 Å². The lowest BCUT2D eigenvalue weighted by atomic mass is 9.86. The molecule has 1 aromatic rings. The van der Waals surface area contributed by atoms with Crippen molar-refractivity contribution in [3.8, 4) is 0 Å². The SMILES string of the molecule is CCC/C=C\c1c(C(C)(C)C)cn(C)c1N. The number of aryl methyl sites for hydroxylation is 1. The molecule has 2 N–H and O–H groups in total. The average molecular weight is 220 g/mol. The topological polar surface area (TPSA) is 30.9 Å². The molecule has 0 saturated carbocycles. The Labute approximate surface area is 99.2 Å². The van der Waals surface area contributed by atoms with Crippen LogP contribution in [0.25, 0.3) is 6.08 Å². The number of hydrogen-bond donors (Lipinski definition) is 1. The van der Waals surface area contributed by atoms with Crippen LogP contribution >= 0.6 is 0 Å². The molecule has 0 aliphatic heterocycles. The van der Waals surface area contributed by atoms with Crippen molar-refractivity contribution in [2.24, 2.45) is 7.05 Å². The number of allylic oxidation sites excluding steroid dienone is 1. The summed E-state index contributed by atoms with van der Waals surface area (Å²) >= 11 is 0. The van der Waals surface area contributed by atoms with E-state index < -0.39 is 0 Å². The number of aromatic nitrogens is 1. The first-order chi connectivity index (χ1) is 7.38. The quantitative estimate of drug-likeness (QED) is 0.827. The molecule has 1 rings (SSSR count). The second kappa shape index (κ2) is 4.77. The Hall–Kier alpha value is -1.18. The van der Waals surface area contributed by atoms with Gasteiger partial charge in [-0.05, 0) is 17.4 Å². The first-order valence-corrected chi connectivity index (χ1v) is 5.99. The Kier molecular flexibility index (Phi) is 3.84. The van der Waals surface area contributed by atoms with Gasteiger partial charge in [-0.1, -0.05) is 46.3 Å². The number of hydrogen-bond acceptors (Lipinski definition) is 1. The number of nitrogen functional groups attached to an aromatic ring is 1. The molecular weight excluding hydrogens is 196 g/mol. The molecule has 0 amide bonds. The van der Waals surface area contributed by atoms with Crippen molar-refractivity contribution in [1.82, 2.24) is 4.57 Å². The second-order valence-corrected chi connectivity index (χ2v) is 5.39. The van der Waals surface area contributed by atoms with Gasteiger partial charge in [0.2, 0.25) is 0 Å². The van der Waals surface area contributed by atoms with Gasteiger partial charge in [-0.25, -0.2) is 0 Å². The predicted molar refractivity (Wildman–Crippen MR) is 72.5 cm³/mol. The molecule has 90 valence electrons. The Morgan fingerprint density at radius 1 is 1.38 bits per heavy atom. The third kappa shape index (κ3) is 2.69. The van der Waals surface area contributed by atoms with Gasteiger partial charge in [0.25, 0.3) is 0 Å². The molecule has 0 fully saturated rings. The highest BCUT2D eigenvalue weighted by Gasteiger charge is 2.20. The summed E-state index contributed by atoms with van der Waals surface area (Å²) in [5.74, 6) is 0.859. The lowest BCUT2D eigenvalue weighted by Crippen LogP contribution is -2.11. The fourth-order valence-corrected chi connectivity index (χ4v) is 1.80. The van der Waals surface area contributed by atoms with Gasteiger partial charge in [0.05, 0.1) is 0 Å². The minimum atomic E-state index is 0.140. The Bertz CT molecular complexity index is 378. The molecule has 1 heterocycles. The van der Waals surface area contributed by atoms with E-state index in [1.807, 2.05) is 11.6 Å². The summed E-state index contributed by atoms with van der Waals surface area (Å²) in [6, 6.07) is 0. The number of nitrogens with zero attached hydrogens (tertiary/aromatic N) is 1. The minimum Gasteiger partial charge on any atom is -0.385 e. The van der Waals surface area contributed by atoms with Crippen LogP contribution in [0.5, 0.6) is 0 Å². The van der Waals surface area contributed by atoms with Crippen molar-refractivity contribution in [3.63, 3.8) is 0 Å². The fourth-order valence-electron chi connectivity index (χ4n) is 1.80.